The number of benzene rings is 3. The van der Waals surface area contributed by atoms with E-state index in [4.69, 9.17) is 11.6 Å². The molecule has 0 radical (unpaired) electrons. The van der Waals surface area contributed by atoms with Gasteiger partial charge < -0.3 is 9.88 Å². The number of H-pyrrole nitrogens is 1. The van der Waals surface area contributed by atoms with E-state index >= 15 is 0 Å². The van der Waals surface area contributed by atoms with Crippen molar-refractivity contribution in [3.8, 4) is 11.3 Å². The molecule has 0 bridgehead atoms. The summed E-state index contributed by atoms with van der Waals surface area (Å²) in [5.74, 6) is 0.449. The third kappa shape index (κ3) is 2.85. The van der Waals surface area contributed by atoms with Gasteiger partial charge in [-0.05, 0) is 30.2 Å². The zero-order valence-corrected chi connectivity index (χ0v) is 16.9. The van der Waals surface area contributed by atoms with Crippen molar-refractivity contribution in [2.24, 2.45) is 0 Å². The highest BCUT2D eigenvalue weighted by Crippen LogP contribution is 2.45. The van der Waals surface area contributed by atoms with Crippen molar-refractivity contribution >= 4 is 28.4 Å². The summed E-state index contributed by atoms with van der Waals surface area (Å²) in [6, 6.07) is 24.6. The smallest absolute Gasteiger partial charge is 0.255 e. The summed E-state index contributed by atoms with van der Waals surface area (Å²) in [5.41, 5.74) is 7.40. The van der Waals surface area contributed by atoms with Crippen molar-refractivity contribution in [2.45, 2.75) is 13.0 Å². The van der Waals surface area contributed by atoms with Gasteiger partial charge in [0, 0.05) is 34.5 Å². The summed E-state index contributed by atoms with van der Waals surface area (Å²) in [4.78, 5) is 18.7. The number of para-hydroxylation sites is 1. The number of hydrogen-bond donors (Lipinski definition) is 1. The molecule has 1 N–H and O–H groups in total. The number of fused-ring (bicyclic) bond motifs is 2. The third-order valence-electron chi connectivity index (χ3n) is 5.74. The summed E-state index contributed by atoms with van der Waals surface area (Å²) in [7, 11) is 0. The van der Waals surface area contributed by atoms with Crippen LogP contribution in [-0.2, 0) is 0 Å². The fourth-order valence-electron chi connectivity index (χ4n) is 4.40. The monoisotopic (exact) mass is 400 g/mol. The molecule has 144 valence electrons. The second-order valence-corrected chi connectivity index (χ2v) is 7.88. The van der Waals surface area contributed by atoms with Crippen molar-refractivity contribution in [2.75, 3.05) is 12.4 Å². The largest absolute Gasteiger partial charge is 0.354 e. The van der Waals surface area contributed by atoms with Crippen LogP contribution in [0.1, 0.15) is 33.1 Å². The van der Waals surface area contributed by atoms with Crippen LogP contribution in [0.2, 0.25) is 0 Å². The number of alkyl halides is 1. The zero-order valence-electron chi connectivity index (χ0n) is 16.2. The van der Waals surface area contributed by atoms with Gasteiger partial charge in [0.2, 0.25) is 0 Å². The second kappa shape index (κ2) is 7.09. The lowest BCUT2D eigenvalue weighted by molar-refractivity contribution is 0.0762. The van der Waals surface area contributed by atoms with Crippen LogP contribution in [0, 0.1) is 6.92 Å². The fraction of sp³-hybridized carbons (Fsp3) is 0.160. The van der Waals surface area contributed by atoms with Gasteiger partial charge in [-0.3, -0.25) is 4.79 Å². The van der Waals surface area contributed by atoms with Gasteiger partial charge in [-0.15, -0.1) is 11.6 Å². The Labute approximate surface area is 174 Å². The van der Waals surface area contributed by atoms with E-state index in [1.165, 1.54) is 5.56 Å². The first-order valence-electron chi connectivity index (χ1n) is 9.82. The summed E-state index contributed by atoms with van der Waals surface area (Å²) in [5, 5.41) is 1.14. The molecule has 1 aromatic heterocycles. The average molecular weight is 401 g/mol. The van der Waals surface area contributed by atoms with Gasteiger partial charge in [-0.2, -0.15) is 0 Å². The Morgan fingerprint density at radius 1 is 0.966 bits per heavy atom. The fourth-order valence-corrected chi connectivity index (χ4v) is 4.58. The molecule has 1 aliphatic rings. The van der Waals surface area contributed by atoms with Crippen molar-refractivity contribution in [1.82, 2.24) is 9.88 Å². The van der Waals surface area contributed by atoms with E-state index in [0.717, 1.165) is 38.9 Å². The first kappa shape index (κ1) is 18.0. The molecule has 1 aliphatic heterocycles. The quantitative estimate of drug-likeness (QED) is 0.423. The standard InChI is InChI=1S/C25H21ClN2O/c1-16-10-12-17(13-11-16)23-22(20-8-4-5-9-21(20)27-23)24-18-6-2-3-7-19(18)25(29)28(24)15-14-26/h2-13,24,27H,14-15H2,1H3/t24-/m0/s1. The number of nitrogens with one attached hydrogen (secondary N) is 1. The zero-order chi connectivity index (χ0) is 20.0. The number of aryl methyl sites for hydroxylation is 1. The maximum Gasteiger partial charge on any atom is 0.255 e. The van der Waals surface area contributed by atoms with Crippen LogP contribution >= 0.6 is 11.6 Å². The number of rotatable bonds is 4. The van der Waals surface area contributed by atoms with Gasteiger partial charge in [0.1, 0.15) is 0 Å². The SMILES string of the molecule is Cc1ccc(-c2[nH]c3ccccc3c2[C@@H]2c3ccccc3C(=O)N2CCCl)cc1. The summed E-state index contributed by atoms with van der Waals surface area (Å²) in [6.45, 7) is 2.59. The van der Waals surface area contributed by atoms with E-state index in [-0.39, 0.29) is 11.9 Å². The number of carbonyl (C=O) groups excluding carboxylic acids is 1. The molecule has 29 heavy (non-hydrogen) atoms. The van der Waals surface area contributed by atoms with Gasteiger partial charge in [-0.25, -0.2) is 0 Å². The van der Waals surface area contributed by atoms with Crippen LogP contribution in [0.25, 0.3) is 22.2 Å². The molecule has 1 atom stereocenters. The van der Waals surface area contributed by atoms with Crippen LogP contribution in [0.15, 0.2) is 72.8 Å². The highest BCUT2D eigenvalue weighted by Gasteiger charge is 2.39. The van der Waals surface area contributed by atoms with E-state index in [9.17, 15) is 4.79 Å². The number of carbonyl (C=O) groups is 1. The Kier molecular flexibility index (Phi) is 4.40. The number of nitrogens with zero attached hydrogens (tertiary/aromatic N) is 1. The number of aromatic amines is 1. The van der Waals surface area contributed by atoms with Crippen molar-refractivity contribution in [3.05, 3.63) is 95.1 Å². The Morgan fingerprint density at radius 2 is 1.69 bits per heavy atom. The predicted octanol–water partition coefficient (Wildman–Crippen LogP) is 5.93. The Hall–Kier alpha value is -3.04. The van der Waals surface area contributed by atoms with Crippen molar-refractivity contribution in [3.63, 3.8) is 0 Å². The molecule has 2 heterocycles. The number of amides is 1. The van der Waals surface area contributed by atoms with Crippen LogP contribution < -0.4 is 0 Å². The minimum atomic E-state index is -0.162. The van der Waals surface area contributed by atoms with E-state index < -0.39 is 0 Å². The van der Waals surface area contributed by atoms with Gasteiger partial charge >= 0.3 is 0 Å². The lowest BCUT2D eigenvalue weighted by atomic mass is 9.93. The average Bonchev–Trinajstić information content (AvgIpc) is 3.25. The molecule has 4 heteroatoms. The normalized spacial score (nSPS) is 15.9. The Morgan fingerprint density at radius 3 is 2.48 bits per heavy atom. The molecule has 0 saturated heterocycles. The molecule has 0 aliphatic carbocycles. The maximum atomic E-state index is 13.2. The Bertz CT molecular complexity index is 1210. The minimum Gasteiger partial charge on any atom is -0.354 e. The number of hydrogen-bond acceptors (Lipinski definition) is 1. The Balaban J connectivity index is 1.80. The maximum absolute atomic E-state index is 13.2. The van der Waals surface area contributed by atoms with Crippen LogP contribution in [-0.4, -0.2) is 28.2 Å². The van der Waals surface area contributed by atoms with Gasteiger partial charge in [0.25, 0.3) is 5.91 Å². The molecule has 0 spiro atoms. The van der Waals surface area contributed by atoms with Crippen LogP contribution in [0.3, 0.4) is 0 Å². The first-order valence-corrected chi connectivity index (χ1v) is 10.4. The molecule has 0 unspecified atom stereocenters. The van der Waals surface area contributed by atoms with Crippen LogP contribution in [0.5, 0.6) is 0 Å². The molecule has 3 nitrogen and oxygen atoms in total. The van der Waals surface area contributed by atoms with Gasteiger partial charge in [-0.1, -0.05) is 66.2 Å². The second-order valence-electron chi connectivity index (χ2n) is 7.50. The summed E-state index contributed by atoms with van der Waals surface area (Å²) in [6.07, 6.45) is 0. The molecule has 1 amide bonds. The molecule has 4 aromatic rings. The van der Waals surface area contributed by atoms with Crippen molar-refractivity contribution in [1.29, 1.82) is 0 Å². The van der Waals surface area contributed by atoms with E-state index in [0.29, 0.717) is 12.4 Å². The molecular formula is C25H21ClN2O. The van der Waals surface area contributed by atoms with Crippen LogP contribution in [0.4, 0.5) is 0 Å². The molecule has 0 saturated carbocycles. The highest BCUT2D eigenvalue weighted by atomic mass is 35.5. The molecule has 5 rings (SSSR count). The lowest BCUT2D eigenvalue weighted by Crippen LogP contribution is -2.30. The number of aromatic nitrogens is 1. The van der Waals surface area contributed by atoms with Crippen molar-refractivity contribution < 1.29 is 4.79 Å². The molecular weight excluding hydrogens is 380 g/mol. The van der Waals surface area contributed by atoms with Gasteiger partial charge in [0.15, 0.2) is 0 Å². The minimum absolute atomic E-state index is 0.0476. The summed E-state index contributed by atoms with van der Waals surface area (Å²) < 4.78 is 0. The van der Waals surface area contributed by atoms with E-state index in [1.54, 1.807) is 0 Å². The van der Waals surface area contributed by atoms with E-state index in [1.807, 2.05) is 35.2 Å². The van der Waals surface area contributed by atoms with E-state index in [2.05, 4.69) is 54.4 Å². The lowest BCUT2D eigenvalue weighted by Gasteiger charge is -2.26. The predicted molar refractivity (Wildman–Crippen MR) is 119 cm³/mol. The highest BCUT2D eigenvalue weighted by molar-refractivity contribution is 6.18. The number of halogens is 1. The summed E-state index contributed by atoms with van der Waals surface area (Å²) >= 11 is 6.11. The molecule has 0 fully saturated rings. The first-order chi connectivity index (χ1) is 14.2. The van der Waals surface area contributed by atoms with Gasteiger partial charge in [0.05, 0.1) is 11.7 Å². The third-order valence-corrected chi connectivity index (χ3v) is 5.91. The topological polar surface area (TPSA) is 36.1 Å². The molecule has 3 aromatic carbocycles.